The third-order valence-electron chi connectivity index (χ3n) is 1.31. The number of carbonyl (C=O) groups excluding carboxylic acids is 1. The second kappa shape index (κ2) is 5.52. The zero-order valence-corrected chi connectivity index (χ0v) is 7.82. The van der Waals surface area contributed by atoms with Crippen molar-refractivity contribution in [3.63, 3.8) is 0 Å². The zero-order valence-electron chi connectivity index (χ0n) is 6.92. The second-order valence-corrected chi connectivity index (χ2v) is 3.63. The molecular formula is C5H11O8P. The summed E-state index contributed by atoms with van der Waals surface area (Å²) in [5, 5.41) is 26.2. The molecule has 0 aliphatic rings. The quantitative estimate of drug-likeness (QED) is 0.246. The number of hydrogen-bond acceptors (Lipinski definition) is 6. The lowest BCUT2D eigenvalue weighted by Crippen LogP contribution is -2.41. The highest BCUT2D eigenvalue weighted by molar-refractivity contribution is 7.46. The maximum absolute atomic E-state index is 10.3. The molecule has 3 atom stereocenters. The summed E-state index contributed by atoms with van der Waals surface area (Å²) in [5.41, 5.74) is 0. The lowest BCUT2D eigenvalue weighted by atomic mass is 10.1. The molecule has 0 aromatic heterocycles. The van der Waals surface area contributed by atoms with E-state index in [1.54, 1.807) is 0 Å². The van der Waals surface area contributed by atoms with Gasteiger partial charge in [0.15, 0.2) is 12.4 Å². The molecule has 0 saturated carbocycles. The van der Waals surface area contributed by atoms with Crippen LogP contribution in [0.25, 0.3) is 0 Å². The summed E-state index contributed by atoms with van der Waals surface area (Å²) >= 11 is 0. The van der Waals surface area contributed by atoms with Gasteiger partial charge in [0.2, 0.25) is 0 Å². The highest BCUT2D eigenvalue weighted by atomic mass is 31.2. The summed E-state index contributed by atoms with van der Waals surface area (Å²) < 4.78 is 14.1. The normalized spacial score (nSPS) is 18.6. The number of hydrogen-bond donors (Lipinski definition) is 5. The monoisotopic (exact) mass is 230 g/mol. The predicted octanol–water partition coefficient (Wildman–Crippen LogP) is -2.62. The topological polar surface area (TPSA) is 145 Å². The number of aliphatic hydroxyl groups is 3. The molecule has 0 rings (SSSR count). The van der Waals surface area contributed by atoms with Crippen molar-refractivity contribution in [2.75, 3.05) is 6.61 Å². The van der Waals surface area contributed by atoms with E-state index in [9.17, 15) is 9.36 Å². The third kappa shape index (κ3) is 4.77. The number of rotatable bonds is 6. The molecule has 0 aliphatic carbocycles. The Hall–Kier alpha value is -0.340. The van der Waals surface area contributed by atoms with Gasteiger partial charge in [0.1, 0.15) is 12.2 Å². The van der Waals surface area contributed by atoms with E-state index in [4.69, 9.17) is 25.1 Å². The maximum Gasteiger partial charge on any atom is 0.470 e. The van der Waals surface area contributed by atoms with E-state index >= 15 is 0 Å². The van der Waals surface area contributed by atoms with E-state index in [1.165, 1.54) is 0 Å². The van der Waals surface area contributed by atoms with Crippen LogP contribution in [0, 0.1) is 0 Å². The molecule has 0 fully saturated rings. The zero-order chi connectivity index (χ0) is 11.4. The summed E-state index contributed by atoms with van der Waals surface area (Å²) in [6, 6.07) is 0. The first-order valence-electron chi connectivity index (χ1n) is 3.48. The van der Waals surface area contributed by atoms with Crippen LogP contribution in [0.5, 0.6) is 0 Å². The Bertz CT molecular complexity index is 224. The van der Waals surface area contributed by atoms with E-state index in [0.29, 0.717) is 0 Å². The Morgan fingerprint density at radius 2 is 1.86 bits per heavy atom. The minimum absolute atomic E-state index is 0.0807. The van der Waals surface area contributed by atoms with Crippen LogP contribution >= 0.6 is 7.82 Å². The Morgan fingerprint density at radius 3 is 2.14 bits per heavy atom. The van der Waals surface area contributed by atoms with Crippen molar-refractivity contribution in [1.82, 2.24) is 0 Å². The predicted molar refractivity (Wildman–Crippen MR) is 42.1 cm³/mol. The van der Waals surface area contributed by atoms with Crippen molar-refractivity contribution in [3.8, 4) is 0 Å². The van der Waals surface area contributed by atoms with Gasteiger partial charge >= 0.3 is 7.82 Å². The fourth-order valence-electron chi connectivity index (χ4n) is 0.653. The Kier molecular flexibility index (Phi) is 5.38. The van der Waals surface area contributed by atoms with Gasteiger partial charge in [-0.15, -0.1) is 0 Å². The number of phosphoric acid groups is 1. The first-order valence-corrected chi connectivity index (χ1v) is 5.01. The van der Waals surface area contributed by atoms with Gasteiger partial charge in [0, 0.05) is 0 Å². The molecular weight excluding hydrogens is 219 g/mol. The van der Waals surface area contributed by atoms with E-state index in [2.05, 4.69) is 4.52 Å². The van der Waals surface area contributed by atoms with Gasteiger partial charge in [-0.3, -0.25) is 4.52 Å². The van der Waals surface area contributed by atoms with E-state index < -0.39 is 32.7 Å². The summed E-state index contributed by atoms with van der Waals surface area (Å²) in [4.78, 5) is 26.8. The third-order valence-corrected chi connectivity index (χ3v) is 1.83. The second-order valence-electron chi connectivity index (χ2n) is 2.44. The molecule has 84 valence electrons. The fraction of sp³-hybridized carbons (Fsp3) is 0.800. The molecule has 0 amide bonds. The van der Waals surface area contributed by atoms with Crippen LogP contribution in [0.2, 0.25) is 0 Å². The largest absolute Gasteiger partial charge is 0.470 e. The van der Waals surface area contributed by atoms with Crippen LogP contribution in [0.1, 0.15) is 0 Å². The van der Waals surface area contributed by atoms with E-state index in [1.807, 2.05) is 0 Å². The van der Waals surface area contributed by atoms with Gasteiger partial charge in [-0.05, 0) is 0 Å². The number of aliphatic hydroxyl groups excluding tert-OH is 3. The molecule has 0 saturated heterocycles. The van der Waals surface area contributed by atoms with Crippen molar-refractivity contribution in [3.05, 3.63) is 0 Å². The highest BCUT2D eigenvalue weighted by Crippen LogP contribution is 2.37. The SMILES string of the molecule is O=CC(OP(=O)(O)O)C(O)C(O)CO. The average molecular weight is 230 g/mol. The molecule has 0 bridgehead atoms. The molecule has 3 unspecified atom stereocenters. The van der Waals surface area contributed by atoms with Crippen molar-refractivity contribution in [2.45, 2.75) is 18.3 Å². The first-order chi connectivity index (χ1) is 6.31. The van der Waals surface area contributed by atoms with Gasteiger partial charge in [-0.25, -0.2) is 4.57 Å². The summed E-state index contributed by atoms with van der Waals surface area (Å²) in [7, 11) is -4.93. The smallest absolute Gasteiger partial charge is 0.394 e. The molecule has 0 aromatic rings. The molecule has 14 heavy (non-hydrogen) atoms. The van der Waals surface area contributed by atoms with Crippen molar-refractivity contribution >= 4 is 14.1 Å². The molecule has 5 N–H and O–H groups in total. The van der Waals surface area contributed by atoms with Gasteiger partial charge in [-0.2, -0.15) is 0 Å². The van der Waals surface area contributed by atoms with Crippen LogP contribution in [0.15, 0.2) is 0 Å². The van der Waals surface area contributed by atoms with Crippen LogP contribution in [-0.2, 0) is 13.9 Å². The van der Waals surface area contributed by atoms with E-state index in [-0.39, 0.29) is 6.29 Å². The Balaban J connectivity index is 4.41. The van der Waals surface area contributed by atoms with Crippen LogP contribution in [0.3, 0.4) is 0 Å². The van der Waals surface area contributed by atoms with Crippen LogP contribution in [0.4, 0.5) is 0 Å². The summed E-state index contributed by atoms with van der Waals surface area (Å²) in [6.45, 7) is -0.865. The molecule has 0 radical (unpaired) electrons. The molecule has 0 aliphatic heterocycles. The number of carbonyl (C=O) groups is 1. The van der Waals surface area contributed by atoms with Gasteiger partial charge in [0.05, 0.1) is 6.61 Å². The van der Waals surface area contributed by atoms with Crippen LogP contribution in [-0.4, -0.2) is 56.3 Å². The van der Waals surface area contributed by atoms with Crippen molar-refractivity contribution in [2.24, 2.45) is 0 Å². The summed E-state index contributed by atoms with van der Waals surface area (Å²) in [6.07, 6.45) is -5.58. The minimum Gasteiger partial charge on any atom is -0.394 e. The highest BCUT2D eigenvalue weighted by Gasteiger charge is 2.32. The lowest BCUT2D eigenvalue weighted by molar-refractivity contribution is -0.126. The molecule has 9 heteroatoms. The van der Waals surface area contributed by atoms with Gasteiger partial charge in [0.25, 0.3) is 0 Å². The fourth-order valence-corrected chi connectivity index (χ4v) is 1.14. The van der Waals surface area contributed by atoms with Crippen molar-refractivity contribution in [1.29, 1.82) is 0 Å². The standard InChI is InChI=1S/C5H11O8P/c6-1-3(8)5(9)4(2-7)13-14(10,11)12/h2-6,8-9H,1H2,(H2,10,11,12). The lowest BCUT2D eigenvalue weighted by Gasteiger charge is -2.21. The average Bonchev–Trinajstić information content (AvgIpc) is 2.10. The van der Waals surface area contributed by atoms with Gasteiger partial charge in [-0.1, -0.05) is 0 Å². The molecule has 8 nitrogen and oxygen atoms in total. The first kappa shape index (κ1) is 13.7. The van der Waals surface area contributed by atoms with E-state index in [0.717, 1.165) is 0 Å². The summed E-state index contributed by atoms with van der Waals surface area (Å²) in [5.74, 6) is 0. The molecule has 0 aromatic carbocycles. The number of aldehydes is 1. The molecule has 0 heterocycles. The Labute approximate surface area is 79.0 Å². The molecule has 0 spiro atoms. The van der Waals surface area contributed by atoms with Gasteiger partial charge < -0.3 is 29.9 Å². The van der Waals surface area contributed by atoms with Crippen LogP contribution < -0.4 is 0 Å². The minimum atomic E-state index is -4.93. The number of phosphoric ester groups is 1. The maximum atomic E-state index is 10.3. The van der Waals surface area contributed by atoms with Crippen molar-refractivity contribution < 1.29 is 39.0 Å². The Morgan fingerprint density at radius 1 is 1.36 bits per heavy atom.